The van der Waals surface area contributed by atoms with Crippen molar-refractivity contribution in [1.29, 1.82) is 0 Å². The highest BCUT2D eigenvalue weighted by Gasteiger charge is 1.98. The van der Waals surface area contributed by atoms with E-state index in [9.17, 15) is 0 Å². The van der Waals surface area contributed by atoms with Gasteiger partial charge in [-0.05, 0) is 6.92 Å². The number of ether oxygens (including phenoxy) is 1. The lowest BCUT2D eigenvalue weighted by atomic mass is 10.4. The molecule has 0 aromatic carbocycles. The highest BCUT2D eigenvalue weighted by Crippen LogP contribution is 1.90. The summed E-state index contributed by atoms with van der Waals surface area (Å²) in [7, 11) is 1.70. The molecule has 72 valence electrons. The van der Waals surface area contributed by atoms with Crippen molar-refractivity contribution in [2.75, 3.05) is 13.7 Å². The molecular weight excluding hydrogens is 166 g/mol. The topological polar surface area (TPSA) is 47.0 Å². The number of nitrogens with one attached hydrogen (secondary N) is 1. The Balaban J connectivity index is 2.20. The van der Waals surface area contributed by atoms with Crippen LogP contribution in [0.3, 0.4) is 0 Å². The van der Waals surface area contributed by atoms with Crippen LogP contribution in [0.25, 0.3) is 0 Å². The first kappa shape index (κ1) is 10.1. The lowest BCUT2D eigenvalue weighted by Crippen LogP contribution is -2.25. The normalized spacial score (nSPS) is 12.8. The Kier molecular flexibility index (Phi) is 4.35. The smallest absolute Gasteiger partial charge is 0.0724 e. The van der Waals surface area contributed by atoms with E-state index in [1.165, 1.54) is 0 Å². The molecule has 0 fully saturated rings. The number of aromatic nitrogens is 2. The summed E-state index contributed by atoms with van der Waals surface area (Å²) < 4.78 is 5.09. The van der Waals surface area contributed by atoms with E-state index in [0.29, 0.717) is 0 Å². The van der Waals surface area contributed by atoms with Gasteiger partial charge in [0.2, 0.25) is 0 Å². The van der Waals surface area contributed by atoms with Gasteiger partial charge in [-0.3, -0.25) is 9.97 Å². The molecule has 1 atom stereocenters. The SMILES string of the molecule is COC(C)CNCc1cnccn1. The van der Waals surface area contributed by atoms with Crippen LogP contribution in [-0.2, 0) is 11.3 Å². The summed E-state index contributed by atoms with van der Waals surface area (Å²) >= 11 is 0. The molecule has 0 aliphatic carbocycles. The van der Waals surface area contributed by atoms with Gasteiger partial charge < -0.3 is 10.1 Å². The molecule has 0 aliphatic rings. The van der Waals surface area contributed by atoms with Crippen LogP contribution in [0.2, 0.25) is 0 Å². The van der Waals surface area contributed by atoms with E-state index in [1.807, 2.05) is 6.92 Å². The predicted octanol–water partition coefficient (Wildman–Crippen LogP) is 0.601. The second-order valence-electron chi connectivity index (χ2n) is 2.87. The van der Waals surface area contributed by atoms with Gasteiger partial charge in [0.25, 0.3) is 0 Å². The van der Waals surface area contributed by atoms with Crippen molar-refractivity contribution >= 4 is 0 Å². The Labute approximate surface area is 78.4 Å². The van der Waals surface area contributed by atoms with Gasteiger partial charge in [0, 0.05) is 38.8 Å². The molecule has 1 aromatic heterocycles. The first-order chi connectivity index (χ1) is 6.33. The van der Waals surface area contributed by atoms with Crippen molar-refractivity contribution in [3.63, 3.8) is 0 Å². The lowest BCUT2D eigenvalue weighted by molar-refractivity contribution is 0.117. The fraction of sp³-hybridized carbons (Fsp3) is 0.556. The standard InChI is InChI=1S/C9H15N3O/c1-8(13-2)5-11-7-9-6-10-3-4-12-9/h3-4,6,8,11H,5,7H2,1-2H3. The summed E-state index contributed by atoms with van der Waals surface area (Å²) in [5, 5.41) is 3.22. The monoisotopic (exact) mass is 181 g/mol. The highest BCUT2D eigenvalue weighted by atomic mass is 16.5. The fourth-order valence-electron chi connectivity index (χ4n) is 0.908. The molecule has 0 radical (unpaired) electrons. The van der Waals surface area contributed by atoms with Crippen molar-refractivity contribution in [1.82, 2.24) is 15.3 Å². The summed E-state index contributed by atoms with van der Waals surface area (Å²) in [4.78, 5) is 8.10. The molecule has 4 heteroatoms. The number of nitrogens with zero attached hydrogens (tertiary/aromatic N) is 2. The molecule has 4 nitrogen and oxygen atoms in total. The zero-order chi connectivity index (χ0) is 9.52. The maximum absolute atomic E-state index is 5.09. The molecular formula is C9H15N3O. The molecule has 0 saturated carbocycles. The number of rotatable bonds is 5. The van der Waals surface area contributed by atoms with E-state index in [4.69, 9.17) is 4.74 Å². The third-order valence-corrected chi connectivity index (χ3v) is 1.76. The summed E-state index contributed by atoms with van der Waals surface area (Å²) in [5.74, 6) is 0. The van der Waals surface area contributed by atoms with E-state index in [2.05, 4.69) is 15.3 Å². The summed E-state index contributed by atoms with van der Waals surface area (Å²) in [6, 6.07) is 0. The first-order valence-corrected chi connectivity index (χ1v) is 4.31. The van der Waals surface area contributed by atoms with Gasteiger partial charge >= 0.3 is 0 Å². The Morgan fingerprint density at radius 2 is 2.38 bits per heavy atom. The Morgan fingerprint density at radius 1 is 1.54 bits per heavy atom. The maximum atomic E-state index is 5.09. The van der Waals surface area contributed by atoms with Gasteiger partial charge in [0.05, 0.1) is 11.8 Å². The zero-order valence-electron chi connectivity index (χ0n) is 8.03. The molecule has 0 aliphatic heterocycles. The number of hydrogen-bond acceptors (Lipinski definition) is 4. The Bertz CT molecular complexity index is 228. The van der Waals surface area contributed by atoms with Gasteiger partial charge in [0.1, 0.15) is 0 Å². The molecule has 1 rings (SSSR count). The minimum absolute atomic E-state index is 0.233. The second kappa shape index (κ2) is 5.61. The quantitative estimate of drug-likeness (QED) is 0.722. The third-order valence-electron chi connectivity index (χ3n) is 1.76. The number of hydrogen-bond donors (Lipinski definition) is 1. The zero-order valence-corrected chi connectivity index (χ0v) is 8.03. The molecule has 1 aromatic rings. The predicted molar refractivity (Wildman–Crippen MR) is 50.2 cm³/mol. The van der Waals surface area contributed by atoms with Crippen molar-refractivity contribution in [2.45, 2.75) is 19.6 Å². The van der Waals surface area contributed by atoms with Crippen LogP contribution in [0.5, 0.6) is 0 Å². The average Bonchev–Trinajstić information content (AvgIpc) is 2.19. The maximum Gasteiger partial charge on any atom is 0.0724 e. The lowest BCUT2D eigenvalue weighted by Gasteiger charge is -2.09. The van der Waals surface area contributed by atoms with Crippen molar-refractivity contribution in [3.05, 3.63) is 24.3 Å². The van der Waals surface area contributed by atoms with Gasteiger partial charge in [-0.2, -0.15) is 0 Å². The average molecular weight is 181 g/mol. The van der Waals surface area contributed by atoms with Crippen molar-refractivity contribution < 1.29 is 4.74 Å². The molecule has 1 unspecified atom stereocenters. The molecule has 0 spiro atoms. The molecule has 1 heterocycles. The summed E-state index contributed by atoms with van der Waals surface area (Å²) in [5.41, 5.74) is 0.950. The molecule has 13 heavy (non-hydrogen) atoms. The van der Waals surface area contributed by atoms with E-state index in [-0.39, 0.29) is 6.10 Å². The van der Waals surface area contributed by atoms with Gasteiger partial charge in [-0.25, -0.2) is 0 Å². The minimum Gasteiger partial charge on any atom is -0.380 e. The summed E-state index contributed by atoms with van der Waals surface area (Å²) in [6.07, 6.45) is 5.35. The van der Waals surface area contributed by atoms with E-state index >= 15 is 0 Å². The van der Waals surface area contributed by atoms with Gasteiger partial charge in [-0.15, -0.1) is 0 Å². The molecule has 0 bridgehead atoms. The molecule has 1 N–H and O–H groups in total. The van der Waals surface area contributed by atoms with Gasteiger partial charge in [-0.1, -0.05) is 0 Å². The third kappa shape index (κ3) is 3.96. The highest BCUT2D eigenvalue weighted by molar-refractivity contribution is 4.93. The Hall–Kier alpha value is -1.00. The van der Waals surface area contributed by atoms with E-state index in [0.717, 1.165) is 18.8 Å². The second-order valence-corrected chi connectivity index (χ2v) is 2.87. The number of methoxy groups -OCH3 is 1. The van der Waals surface area contributed by atoms with Crippen LogP contribution in [0.1, 0.15) is 12.6 Å². The first-order valence-electron chi connectivity index (χ1n) is 4.31. The Morgan fingerprint density at radius 3 is 3.00 bits per heavy atom. The van der Waals surface area contributed by atoms with Crippen molar-refractivity contribution in [2.24, 2.45) is 0 Å². The van der Waals surface area contributed by atoms with Crippen LogP contribution >= 0.6 is 0 Å². The van der Waals surface area contributed by atoms with Gasteiger partial charge in [0.15, 0.2) is 0 Å². The molecule has 0 amide bonds. The van der Waals surface area contributed by atoms with Crippen molar-refractivity contribution in [3.8, 4) is 0 Å². The summed E-state index contributed by atoms with van der Waals surface area (Å²) in [6.45, 7) is 3.58. The van der Waals surface area contributed by atoms with Crippen LogP contribution < -0.4 is 5.32 Å². The van der Waals surface area contributed by atoms with Crippen LogP contribution in [0, 0.1) is 0 Å². The minimum atomic E-state index is 0.233. The molecule has 0 saturated heterocycles. The van der Waals surface area contributed by atoms with Crippen LogP contribution in [-0.4, -0.2) is 29.7 Å². The largest absolute Gasteiger partial charge is 0.380 e. The van der Waals surface area contributed by atoms with Crippen LogP contribution in [0.4, 0.5) is 0 Å². The van der Waals surface area contributed by atoms with E-state index < -0.39 is 0 Å². The fourth-order valence-corrected chi connectivity index (χ4v) is 0.908. The van der Waals surface area contributed by atoms with Crippen LogP contribution in [0.15, 0.2) is 18.6 Å². The van der Waals surface area contributed by atoms with E-state index in [1.54, 1.807) is 25.7 Å².